The van der Waals surface area contributed by atoms with E-state index in [1.807, 2.05) is 11.5 Å². The fourth-order valence-electron chi connectivity index (χ4n) is 2.61. The minimum Gasteiger partial charge on any atom is -0.492 e. The average molecular weight is 349 g/mol. The number of hydrogen-bond donors (Lipinski definition) is 1. The van der Waals surface area contributed by atoms with Crippen molar-refractivity contribution in [1.29, 1.82) is 0 Å². The van der Waals surface area contributed by atoms with Crippen molar-refractivity contribution in [2.75, 3.05) is 13.2 Å². The third-order valence-corrected chi connectivity index (χ3v) is 4.07. The standard InChI is InChI=1S/C16H17ClN4O3/c1-11-14(6-8-22)15(23)21-16(18-10-19-21)20(11)7-9-24-13-4-2-12(17)3-5-13/h2-5,10,22H,6-9H2,1H3. The Bertz CT molecular complexity index is 902. The van der Waals surface area contributed by atoms with Gasteiger partial charge in [-0.25, -0.2) is 0 Å². The number of ether oxygens (including phenoxy) is 1. The molecule has 0 saturated carbocycles. The lowest BCUT2D eigenvalue weighted by atomic mass is 10.2. The number of aliphatic hydroxyl groups excluding tert-OH is 1. The maximum absolute atomic E-state index is 12.4. The first-order valence-corrected chi connectivity index (χ1v) is 7.91. The summed E-state index contributed by atoms with van der Waals surface area (Å²) >= 11 is 5.85. The Balaban J connectivity index is 1.87. The van der Waals surface area contributed by atoms with E-state index in [9.17, 15) is 9.90 Å². The Kier molecular flexibility index (Phi) is 4.82. The lowest BCUT2D eigenvalue weighted by Gasteiger charge is -2.15. The van der Waals surface area contributed by atoms with Gasteiger partial charge in [-0.3, -0.25) is 4.79 Å². The van der Waals surface area contributed by atoms with Crippen LogP contribution in [0, 0.1) is 6.92 Å². The fourth-order valence-corrected chi connectivity index (χ4v) is 2.74. The van der Waals surface area contributed by atoms with Crippen LogP contribution in [-0.4, -0.2) is 37.5 Å². The summed E-state index contributed by atoms with van der Waals surface area (Å²) < 4.78 is 8.83. The maximum atomic E-state index is 12.4. The van der Waals surface area contributed by atoms with Crippen molar-refractivity contribution in [3.63, 3.8) is 0 Å². The van der Waals surface area contributed by atoms with E-state index in [1.165, 1.54) is 10.8 Å². The summed E-state index contributed by atoms with van der Waals surface area (Å²) in [6.07, 6.45) is 1.62. The third-order valence-electron chi connectivity index (χ3n) is 3.82. The van der Waals surface area contributed by atoms with Crippen LogP contribution in [0.2, 0.25) is 5.02 Å². The molecule has 3 aromatic rings. The van der Waals surface area contributed by atoms with E-state index in [0.29, 0.717) is 35.3 Å². The highest BCUT2D eigenvalue weighted by molar-refractivity contribution is 6.30. The molecule has 7 nitrogen and oxygen atoms in total. The molecule has 0 unspecified atom stereocenters. The second-order valence-electron chi connectivity index (χ2n) is 5.27. The Labute approximate surface area is 143 Å². The number of halogens is 1. The Morgan fingerprint density at radius 3 is 2.75 bits per heavy atom. The van der Waals surface area contributed by atoms with E-state index in [1.54, 1.807) is 24.3 Å². The molecule has 0 atom stereocenters. The molecule has 0 fully saturated rings. The van der Waals surface area contributed by atoms with Gasteiger partial charge in [0, 0.05) is 29.3 Å². The second-order valence-corrected chi connectivity index (χ2v) is 5.71. The molecule has 0 aliphatic rings. The normalized spacial score (nSPS) is 11.1. The molecule has 0 spiro atoms. The number of aliphatic hydroxyl groups is 1. The van der Waals surface area contributed by atoms with E-state index < -0.39 is 0 Å². The van der Waals surface area contributed by atoms with Crippen LogP contribution < -0.4 is 10.3 Å². The van der Waals surface area contributed by atoms with Crippen molar-refractivity contribution in [2.45, 2.75) is 19.9 Å². The first-order valence-electron chi connectivity index (χ1n) is 7.53. The van der Waals surface area contributed by atoms with Crippen LogP contribution in [0.5, 0.6) is 5.75 Å². The van der Waals surface area contributed by atoms with E-state index >= 15 is 0 Å². The topological polar surface area (TPSA) is 81.6 Å². The molecule has 0 aliphatic carbocycles. The smallest absolute Gasteiger partial charge is 0.279 e. The number of fused-ring (bicyclic) bond motifs is 1. The Morgan fingerprint density at radius 2 is 2.04 bits per heavy atom. The van der Waals surface area contributed by atoms with Crippen LogP contribution in [0.25, 0.3) is 5.78 Å². The van der Waals surface area contributed by atoms with Crippen LogP contribution in [0.1, 0.15) is 11.3 Å². The number of benzene rings is 1. The van der Waals surface area contributed by atoms with E-state index in [2.05, 4.69) is 10.1 Å². The molecule has 3 rings (SSSR count). The summed E-state index contributed by atoms with van der Waals surface area (Å²) in [5, 5.41) is 13.8. The fraction of sp³-hybridized carbons (Fsp3) is 0.312. The Morgan fingerprint density at radius 1 is 1.29 bits per heavy atom. The van der Waals surface area contributed by atoms with Gasteiger partial charge < -0.3 is 14.4 Å². The van der Waals surface area contributed by atoms with Crippen molar-refractivity contribution in [2.24, 2.45) is 0 Å². The molecule has 1 aromatic carbocycles. The quantitative estimate of drug-likeness (QED) is 0.729. The van der Waals surface area contributed by atoms with E-state index in [4.69, 9.17) is 16.3 Å². The van der Waals surface area contributed by atoms with Crippen LogP contribution in [-0.2, 0) is 13.0 Å². The SMILES string of the molecule is Cc1c(CCO)c(=O)n2ncnc2n1CCOc1ccc(Cl)cc1. The summed E-state index contributed by atoms with van der Waals surface area (Å²) in [5.41, 5.74) is 1.04. The largest absolute Gasteiger partial charge is 0.492 e. The minimum atomic E-state index is -0.246. The first kappa shape index (κ1) is 16.5. The van der Waals surface area contributed by atoms with Crippen molar-refractivity contribution in [1.82, 2.24) is 19.2 Å². The van der Waals surface area contributed by atoms with Crippen LogP contribution in [0.4, 0.5) is 0 Å². The molecule has 0 bridgehead atoms. The summed E-state index contributed by atoms with van der Waals surface area (Å²) in [6, 6.07) is 7.12. The van der Waals surface area contributed by atoms with Crippen LogP contribution >= 0.6 is 11.6 Å². The zero-order valence-corrected chi connectivity index (χ0v) is 13.9. The third kappa shape index (κ3) is 3.13. The molecular formula is C16H17ClN4O3. The van der Waals surface area contributed by atoms with Gasteiger partial charge in [0.25, 0.3) is 5.56 Å². The van der Waals surface area contributed by atoms with E-state index in [0.717, 1.165) is 5.69 Å². The minimum absolute atomic E-state index is 0.0996. The van der Waals surface area contributed by atoms with Gasteiger partial charge in [0.2, 0.25) is 5.78 Å². The number of nitrogens with zero attached hydrogens (tertiary/aromatic N) is 4. The highest BCUT2D eigenvalue weighted by Gasteiger charge is 2.15. The van der Waals surface area contributed by atoms with Crippen molar-refractivity contribution in [3.05, 3.63) is 57.2 Å². The van der Waals surface area contributed by atoms with E-state index in [-0.39, 0.29) is 18.6 Å². The van der Waals surface area contributed by atoms with Crippen molar-refractivity contribution in [3.8, 4) is 5.75 Å². The van der Waals surface area contributed by atoms with Crippen LogP contribution in [0.15, 0.2) is 35.4 Å². The molecule has 0 saturated heterocycles. The molecule has 126 valence electrons. The van der Waals surface area contributed by atoms with Gasteiger partial charge in [-0.15, -0.1) is 0 Å². The van der Waals surface area contributed by atoms with Gasteiger partial charge in [0.15, 0.2) is 0 Å². The van der Waals surface area contributed by atoms with Gasteiger partial charge in [-0.1, -0.05) is 11.6 Å². The second kappa shape index (κ2) is 7.02. The number of hydrogen-bond acceptors (Lipinski definition) is 5. The molecule has 2 heterocycles. The van der Waals surface area contributed by atoms with Crippen LogP contribution in [0.3, 0.4) is 0 Å². The summed E-state index contributed by atoms with van der Waals surface area (Å²) in [5.74, 6) is 1.17. The number of aromatic nitrogens is 4. The lowest BCUT2D eigenvalue weighted by Crippen LogP contribution is -2.27. The summed E-state index contributed by atoms with van der Waals surface area (Å²) in [4.78, 5) is 16.5. The molecule has 1 N–H and O–H groups in total. The van der Waals surface area contributed by atoms with Gasteiger partial charge in [0.05, 0.1) is 6.54 Å². The predicted molar refractivity (Wildman–Crippen MR) is 89.7 cm³/mol. The van der Waals surface area contributed by atoms with Crippen molar-refractivity contribution >= 4 is 17.4 Å². The zero-order chi connectivity index (χ0) is 17.1. The highest BCUT2D eigenvalue weighted by Crippen LogP contribution is 2.16. The maximum Gasteiger partial charge on any atom is 0.279 e. The molecule has 8 heteroatoms. The molecule has 2 aromatic heterocycles. The molecule has 0 radical (unpaired) electrons. The van der Waals surface area contributed by atoms with Gasteiger partial charge in [0.1, 0.15) is 18.7 Å². The van der Waals surface area contributed by atoms with Gasteiger partial charge in [-0.2, -0.15) is 14.6 Å². The molecule has 0 amide bonds. The highest BCUT2D eigenvalue weighted by atomic mass is 35.5. The predicted octanol–water partition coefficient (Wildman–Crippen LogP) is 1.47. The van der Waals surface area contributed by atoms with Gasteiger partial charge >= 0.3 is 0 Å². The lowest BCUT2D eigenvalue weighted by molar-refractivity contribution is 0.293. The summed E-state index contributed by atoms with van der Waals surface area (Å²) in [6.45, 7) is 2.63. The van der Waals surface area contributed by atoms with Gasteiger partial charge in [-0.05, 0) is 31.2 Å². The monoisotopic (exact) mass is 348 g/mol. The zero-order valence-electron chi connectivity index (χ0n) is 13.1. The molecular weight excluding hydrogens is 332 g/mol. The average Bonchev–Trinajstić information content (AvgIpc) is 3.06. The summed E-state index contributed by atoms with van der Waals surface area (Å²) in [7, 11) is 0. The molecule has 0 aliphatic heterocycles. The molecule has 24 heavy (non-hydrogen) atoms. The first-order chi connectivity index (χ1) is 11.6. The Hall–Kier alpha value is -2.38. The van der Waals surface area contributed by atoms with Crippen molar-refractivity contribution < 1.29 is 9.84 Å². The number of rotatable bonds is 6.